The second kappa shape index (κ2) is 8.79. The standard InChI is InChI=1S/C14H14OS.CH4O4S/c15-13-8-6-12(7-9-13)14(10-16)11-4-2-1-3-5-11;1-5-6(2,3)4/h1-9,14-16H,10H2;1H3,(H,2,3,4). The average Bonchev–Trinajstić information content (AvgIpc) is 2.51. The van der Waals surface area contributed by atoms with Crippen molar-refractivity contribution in [2.75, 3.05) is 12.9 Å². The zero-order valence-corrected chi connectivity index (χ0v) is 13.7. The third-order valence-electron chi connectivity index (χ3n) is 2.89. The van der Waals surface area contributed by atoms with Gasteiger partial charge in [-0.1, -0.05) is 42.5 Å². The second-order valence-corrected chi connectivity index (χ2v) is 5.89. The smallest absolute Gasteiger partial charge is 0.397 e. The van der Waals surface area contributed by atoms with Gasteiger partial charge in [0.05, 0.1) is 7.11 Å². The molecule has 1 unspecified atom stereocenters. The van der Waals surface area contributed by atoms with Gasteiger partial charge in [0.15, 0.2) is 0 Å². The number of thiol groups is 1. The van der Waals surface area contributed by atoms with E-state index in [0.29, 0.717) is 5.75 Å². The van der Waals surface area contributed by atoms with Gasteiger partial charge in [0.1, 0.15) is 5.75 Å². The maximum atomic E-state index is 9.33. The molecular formula is C15H18O5S2. The van der Waals surface area contributed by atoms with Crippen molar-refractivity contribution in [2.45, 2.75) is 5.92 Å². The molecule has 2 N–H and O–H groups in total. The number of aromatic hydroxyl groups is 1. The molecule has 0 bridgehead atoms. The molecular weight excluding hydrogens is 324 g/mol. The van der Waals surface area contributed by atoms with Crippen LogP contribution < -0.4 is 0 Å². The van der Waals surface area contributed by atoms with Crippen molar-refractivity contribution in [1.82, 2.24) is 0 Å². The zero-order valence-electron chi connectivity index (χ0n) is 12.0. The predicted molar refractivity (Wildman–Crippen MR) is 88.8 cm³/mol. The Balaban J connectivity index is 0.000000346. The summed E-state index contributed by atoms with van der Waals surface area (Å²) in [4.78, 5) is 0. The van der Waals surface area contributed by atoms with Crippen molar-refractivity contribution in [1.29, 1.82) is 0 Å². The highest BCUT2D eigenvalue weighted by Crippen LogP contribution is 2.26. The molecule has 0 aliphatic heterocycles. The monoisotopic (exact) mass is 342 g/mol. The Morgan fingerprint density at radius 3 is 1.91 bits per heavy atom. The van der Waals surface area contributed by atoms with Crippen molar-refractivity contribution in [3.63, 3.8) is 0 Å². The van der Waals surface area contributed by atoms with Crippen LogP contribution in [-0.2, 0) is 14.6 Å². The van der Waals surface area contributed by atoms with Crippen LogP contribution in [0.15, 0.2) is 54.6 Å². The number of hydrogen-bond acceptors (Lipinski definition) is 5. The molecule has 0 saturated heterocycles. The molecule has 0 aliphatic carbocycles. The van der Waals surface area contributed by atoms with Crippen LogP contribution in [0.4, 0.5) is 0 Å². The van der Waals surface area contributed by atoms with Crippen molar-refractivity contribution in [2.24, 2.45) is 0 Å². The quantitative estimate of drug-likeness (QED) is 0.588. The lowest BCUT2D eigenvalue weighted by Crippen LogP contribution is -2.02. The van der Waals surface area contributed by atoms with E-state index in [9.17, 15) is 13.5 Å². The largest absolute Gasteiger partial charge is 0.508 e. The third kappa shape index (κ3) is 6.48. The molecule has 2 aromatic carbocycles. The minimum Gasteiger partial charge on any atom is -0.508 e. The van der Waals surface area contributed by atoms with E-state index >= 15 is 0 Å². The van der Waals surface area contributed by atoms with Crippen LogP contribution in [0.2, 0.25) is 0 Å². The predicted octanol–water partition coefficient (Wildman–Crippen LogP) is 2.89. The number of phenolic OH excluding ortho intramolecular Hbond substituents is 1. The fourth-order valence-corrected chi connectivity index (χ4v) is 2.22. The summed E-state index contributed by atoms with van der Waals surface area (Å²) in [6, 6.07) is 17.6. The molecule has 7 heteroatoms. The second-order valence-electron chi connectivity index (χ2n) is 4.33. The van der Waals surface area contributed by atoms with E-state index in [0.717, 1.165) is 12.9 Å². The van der Waals surface area contributed by atoms with Crippen LogP contribution in [0.3, 0.4) is 0 Å². The Kier molecular flexibility index (Phi) is 7.40. The van der Waals surface area contributed by atoms with Gasteiger partial charge >= 0.3 is 10.4 Å². The van der Waals surface area contributed by atoms with Gasteiger partial charge in [-0.2, -0.15) is 21.0 Å². The molecule has 0 saturated carbocycles. The van der Waals surface area contributed by atoms with E-state index in [1.165, 1.54) is 11.1 Å². The van der Waals surface area contributed by atoms with E-state index in [-0.39, 0.29) is 5.92 Å². The molecule has 1 atom stereocenters. The van der Waals surface area contributed by atoms with E-state index in [1.807, 2.05) is 30.3 Å². The summed E-state index contributed by atoms with van der Waals surface area (Å²) < 4.78 is 29.7. The highest BCUT2D eigenvalue weighted by Gasteiger charge is 2.11. The fraction of sp³-hybridized carbons (Fsp3) is 0.200. The van der Waals surface area contributed by atoms with Crippen LogP contribution in [0, 0.1) is 0 Å². The maximum Gasteiger partial charge on any atom is 0.397 e. The average molecular weight is 342 g/mol. The molecule has 2 aromatic rings. The number of benzene rings is 2. The molecule has 0 aromatic heterocycles. The number of rotatable bonds is 4. The van der Waals surface area contributed by atoms with Gasteiger partial charge < -0.3 is 5.11 Å². The van der Waals surface area contributed by atoms with Gasteiger partial charge in [-0.3, -0.25) is 8.74 Å². The van der Waals surface area contributed by atoms with E-state index in [2.05, 4.69) is 28.9 Å². The summed E-state index contributed by atoms with van der Waals surface area (Å²) in [6.07, 6.45) is 0. The summed E-state index contributed by atoms with van der Waals surface area (Å²) in [5.41, 5.74) is 2.43. The molecule has 0 heterocycles. The van der Waals surface area contributed by atoms with Gasteiger partial charge in [0.2, 0.25) is 0 Å². The van der Waals surface area contributed by atoms with Gasteiger partial charge in [-0.05, 0) is 23.3 Å². The first-order valence-corrected chi connectivity index (χ1v) is 8.35. The molecule has 120 valence electrons. The summed E-state index contributed by atoms with van der Waals surface area (Å²) in [5.74, 6) is 1.34. The fourth-order valence-electron chi connectivity index (χ4n) is 1.80. The van der Waals surface area contributed by atoms with Crippen LogP contribution >= 0.6 is 12.6 Å². The van der Waals surface area contributed by atoms with E-state index in [4.69, 9.17) is 4.55 Å². The lowest BCUT2D eigenvalue weighted by Gasteiger charge is -2.15. The summed E-state index contributed by atoms with van der Waals surface area (Å²) >= 11 is 4.40. The number of hydrogen-bond donors (Lipinski definition) is 3. The lowest BCUT2D eigenvalue weighted by molar-refractivity contribution is 0.324. The molecule has 0 aliphatic rings. The first-order chi connectivity index (χ1) is 10.4. The van der Waals surface area contributed by atoms with Crippen LogP contribution in [-0.4, -0.2) is 30.9 Å². The lowest BCUT2D eigenvalue weighted by atomic mass is 9.93. The summed E-state index contributed by atoms with van der Waals surface area (Å²) in [7, 11) is -3.29. The first kappa shape index (κ1) is 18.5. The summed E-state index contributed by atoms with van der Waals surface area (Å²) in [6.45, 7) is 0. The minimum absolute atomic E-state index is 0.283. The molecule has 0 radical (unpaired) electrons. The van der Waals surface area contributed by atoms with Crippen LogP contribution in [0.25, 0.3) is 0 Å². The zero-order chi connectivity index (χ0) is 16.6. The van der Waals surface area contributed by atoms with Gasteiger partial charge in [-0.15, -0.1) is 0 Å². The molecule has 5 nitrogen and oxygen atoms in total. The van der Waals surface area contributed by atoms with Crippen LogP contribution in [0.1, 0.15) is 17.0 Å². The van der Waals surface area contributed by atoms with E-state index < -0.39 is 10.4 Å². The number of phenols is 1. The van der Waals surface area contributed by atoms with Crippen molar-refractivity contribution >= 4 is 23.0 Å². The molecule has 2 rings (SSSR count). The van der Waals surface area contributed by atoms with Gasteiger partial charge in [0.25, 0.3) is 0 Å². The molecule has 0 spiro atoms. The maximum absolute atomic E-state index is 9.33. The SMILES string of the molecule is COS(=O)(=O)O.Oc1ccc(C(CS)c2ccccc2)cc1. The van der Waals surface area contributed by atoms with E-state index in [1.54, 1.807) is 12.1 Å². The van der Waals surface area contributed by atoms with Gasteiger partial charge in [-0.25, -0.2) is 0 Å². The highest BCUT2D eigenvalue weighted by molar-refractivity contribution is 7.80. The Morgan fingerprint density at radius 2 is 1.50 bits per heavy atom. The Bertz CT molecular complexity index is 654. The Hall–Kier alpha value is -1.54. The Morgan fingerprint density at radius 1 is 1.05 bits per heavy atom. The van der Waals surface area contributed by atoms with Crippen molar-refractivity contribution < 1.29 is 22.3 Å². The normalized spacial score (nSPS) is 12.1. The van der Waals surface area contributed by atoms with Crippen molar-refractivity contribution in [3.05, 3.63) is 65.7 Å². The highest BCUT2D eigenvalue weighted by atomic mass is 32.3. The Labute approximate surface area is 135 Å². The first-order valence-electron chi connectivity index (χ1n) is 6.35. The van der Waals surface area contributed by atoms with Crippen molar-refractivity contribution in [3.8, 4) is 5.75 Å². The molecule has 0 fully saturated rings. The third-order valence-corrected chi connectivity index (χ3v) is 3.68. The summed E-state index contributed by atoms with van der Waals surface area (Å²) in [5, 5.41) is 9.26. The van der Waals surface area contributed by atoms with Gasteiger partial charge in [0, 0.05) is 11.7 Å². The molecule has 0 amide bonds. The minimum atomic E-state index is -4.16. The topological polar surface area (TPSA) is 83.8 Å². The van der Waals surface area contributed by atoms with Crippen LogP contribution in [0.5, 0.6) is 5.75 Å². The molecule has 22 heavy (non-hydrogen) atoms.